The summed E-state index contributed by atoms with van der Waals surface area (Å²) in [5.74, 6) is 0.697. The van der Waals surface area contributed by atoms with Crippen LogP contribution in [0.15, 0.2) is 30.5 Å². The van der Waals surface area contributed by atoms with Crippen LogP contribution in [-0.2, 0) is 6.42 Å². The molecule has 0 radical (unpaired) electrons. The van der Waals surface area contributed by atoms with E-state index < -0.39 is 0 Å². The molecule has 0 aliphatic rings. The minimum Gasteiger partial charge on any atom is -0.159 e. The molecule has 2 rings (SSSR count). The molecule has 0 amide bonds. The molecule has 1 aromatic heterocycles. The Balaban J connectivity index is 2.41. The number of fused-ring (bicyclic) bond motifs is 1. The first kappa shape index (κ1) is 9.13. The van der Waals surface area contributed by atoms with Gasteiger partial charge in [0.15, 0.2) is 0 Å². The molecule has 0 bridgehead atoms. The minimum atomic E-state index is 0.697. The Hall–Kier alpha value is -1.44. The molecule has 0 unspecified atom stereocenters. The highest BCUT2D eigenvalue weighted by atomic mass is 15.1. The van der Waals surface area contributed by atoms with Gasteiger partial charge >= 0.3 is 0 Å². The Morgan fingerprint density at radius 2 is 2.07 bits per heavy atom. The second kappa shape index (κ2) is 3.74. The Morgan fingerprint density at radius 3 is 2.86 bits per heavy atom. The van der Waals surface area contributed by atoms with E-state index in [0.29, 0.717) is 5.92 Å². The van der Waals surface area contributed by atoms with Crippen molar-refractivity contribution in [1.82, 2.24) is 10.2 Å². The average molecular weight is 186 g/mol. The van der Waals surface area contributed by atoms with Crippen molar-refractivity contribution in [1.29, 1.82) is 0 Å². The smallest absolute Gasteiger partial charge is 0.0929 e. The van der Waals surface area contributed by atoms with E-state index in [4.69, 9.17) is 0 Å². The standard InChI is InChI=1S/C12H14N2/c1-9(2)7-10-3-4-12-11(8-10)5-6-13-14-12/h3-6,8-9H,7H2,1-2H3. The summed E-state index contributed by atoms with van der Waals surface area (Å²) in [6, 6.07) is 8.38. The Labute approximate surface area is 84.0 Å². The zero-order chi connectivity index (χ0) is 9.97. The van der Waals surface area contributed by atoms with Gasteiger partial charge in [0.1, 0.15) is 0 Å². The maximum atomic E-state index is 4.05. The van der Waals surface area contributed by atoms with Gasteiger partial charge in [0.2, 0.25) is 0 Å². The summed E-state index contributed by atoms with van der Waals surface area (Å²) < 4.78 is 0. The lowest BCUT2D eigenvalue weighted by molar-refractivity contribution is 0.648. The Morgan fingerprint density at radius 1 is 1.21 bits per heavy atom. The molecule has 0 fully saturated rings. The van der Waals surface area contributed by atoms with Crippen LogP contribution in [0.25, 0.3) is 10.9 Å². The van der Waals surface area contributed by atoms with Gasteiger partial charge in [-0.25, -0.2) is 0 Å². The Bertz CT molecular complexity index is 435. The van der Waals surface area contributed by atoms with E-state index in [1.807, 2.05) is 12.1 Å². The van der Waals surface area contributed by atoms with Crippen molar-refractivity contribution in [3.8, 4) is 0 Å². The number of hydrogen-bond acceptors (Lipinski definition) is 2. The first-order valence-electron chi connectivity index (χ1n) is 4.96. The summed E-state index contributed by atoms with van der Waals surface area (Å²) in [5.41, 5.74) is 2.35. The molecule has 0 saturated heterocycles. The molecule has 1 aromatic carbocycles. The highest BCUT2D eigenvalue weighted by Crippen LogP contribution is 2.15. The molecule has 2 heteroatoms. The van der Waals surface area contributed by atoms with E-state index in [-0.39, 0.29) is 0 Å². The van der Waals surface area contributed by atoms with Gasteiger partial charge in [-0.2, -0.15) is 10.2 Å². The van der Waals surface area contributed by atoms with Crippen LogP contribution in [0, 0.1) is 5.92 Å². The van der Waals surface area contributed by atoms with E-state index in [0.717, 1.165) is 11.9 Å². The second-order valence-electron chi connectivity index (χ2n) is 4.02. The molecule has 0 N–H and O–H groups in total. The van der Waals surface area contributed by atoms with Crippen molar-refractivity contribution in [3.63, 3.8) is 0 Å². The lowest BCUT2D eigenvalue weighted by Crippen LogP contribution is -1.94. The summed E-state index contributed by atoms with van der Waals surface area (Å²) >= 11 is 0. The summed E-state index contributed by atoms with van der Waals surface area (Å²) in [7, 11) is 0. The third kappa shape index (κ3) is 1.90. The number of nitrogens with zero attached hydrogens (tertiary/aromatic N) is 2. The monoisotopic (exact) mass is 186 g/mol. The molecule has 0 aliphatic carbocycles. The lowest BCUT2D eigenvalue weighted by atomic mass is 10.0. The van der Waals surface area contributed by atoms with Crippen LogP contribution in [0.1, 0.15) is 19.4 Å². The molecule has 0 spiro atoms. The van der Waals surface area contributed by atoms with Crippen LogP contribution in [0.2, 0.25) is 0 Å². The van der Waals surface area contributed by atoms with Gasteiger partial charge < -0.3 is 0 Å². The van der Waals surface area contributed by atoms with Crippen LogP contribution in [0.5, 0.6) is 0 Å². The van der Waals surface area contributed by atoms with Crippen LogP contribution in [0.4, 0.5) is 0 Å². The van der Waals surface area contributed by atoms with Gasteiger partial charge in [-0.1, -0.05) is 19.9 Å². The molecule has 0 saturated carbocycles. The summed E-state index contributed by atoms with van der Waals surface area (Å²) in [6.45, 7) is 4.46. The normalized spacial score (nSPS) is 11.1. The van der Waals surface area contributed by atoms with E-state index in [1.165, 1.54) is 10.9 Å². The highest BCUT2D eigenvalue weighted by molar-refractivity contribution is 5.78. The zero-order valence-corrected chi connectivity index (χ0v) is 8.57. The molecule has 72 valence electrons. The first-order chi connectivity index (χ1) is 6.75. The van der Waals surface area contributed by atoms with Crippen molar-refractivity contribution in [2.24, 2.45) is 5.92 Å². The fourth-order valence-electron chi connectivity index (χ4n) is 1.64. The van der Waals surface area contributed by atoms with E-state index in [2.05, 4.69) is 36.2 Å². The molecule has 14 heavy (non-hydrogen) atoms. The van der Waals surface area contributed by atoms with Crippen LogP contribution in [-0.4, -0.2) is 10.2 Å². The number of rotatable bonds is 2. The minimum absolute atomic E-state index is 0.697. The predicted octanol–water partition coefficient (Wildman–Crippen LogP) is 2.83. The second-order valence-corrected chi connectivity index (χ2v) is 4.02. The van der Waals surface area contributed by atoms with Crippen LogP contribution >= 0.6 is 0 Å². The fourth-order valence-corrected chi connectivity index (χ4v) is 1.64. The number of benzene rings is 1. The van der Waals surface area contributed by atoms with Gasteiger partial charge in [0.05, 0.1) is 11.7 Å². The first-order valence-corrected chi connectivity index (χ1v) is 4.96. The van der Waals surface area contributed by atoms with Gasteiger partial charge in [0, 0.05) is 5.39 Å². The third-order valence-electron chi connectivity index (χ3n) is 2.22. The average Bonchev–Trinajstić information content (AvgIpc) is 2.17. The molecule has 0 atom stereocenters. The van der Waals surface area contributed by atoms with Crippen molar-refractivity contribution >= 4 is 10.9 Å². The summed E-state index contributed by atoms with van der Waals surface area (Å²) in [4.78, 5) is 0. The number of hydrogen-bond donors (Lipinski definition) is 0. The summed E-state index contributed by atoms with van der Waals surface area (Å²) in [5, 5.41) is 9.08. The Kier molecular flexibility index (Phi) is 2.44. The largest absolute Gasteiger partial charge is 0.159 e. The molecule has 2 nitrogen and oxygen atoms in total. The van der Waals surface area contributed by atoms with Crippen LogP contribution in [0.3, 0.4) is 0 Å². The molecule has 1 heterocycles. The van der Waals surface area contributed by atoms with Crippen molar-refractivity contribution < 1.29 is 0 Å². The fraction of sp³-hybridized carbons (Fsp3) is 0.333. The van der Waals surface area contributed by atoms with E-state index in [1.54, 1.807) is 6.20 Å². The maximum absolute atomic E-state index is 4.05. The quantitative estimate of drug-likeness (QED) is 0.720. The van der Waals surface area contributed by atoms with Crippen molar-refractivity contribution in [2.75, 3.05) is 0 Å². The molecular weight excluding hydrogens is 172 g/mol. The van der Waals surface area contributed by atoms with Gasteiger partial charge in [-0.05, 0) is 36.1 Å². The molecule has 2 aromatic rings. The van der Waals surface area contributed by atoms with Gasteiger partial charge in [0.25, 0.3) is 0 Å². The number of aromatic nitrogens is 2. The van der Waals surface area contributed by atoms with Crippen molar-refractivity contribution in [3.05, 3.63) is 36.0 Å². The highest BCUT2D eigenvalue weighted by Gasteiger charge is 1.99. The maximum Gasteiger partial charge on any atom is 0.0929 e. The third-order valence-corrected chi connectivity index (χ3v) is 2.22. The lowest BCUT2D eigenvalue weighted by Gasteiger charge is -2.05. The zero-order valence-electron chi connectivity index (χ0n) is 8.57. The van der Waals surface area contributed by atoms with Gasteiger partial charge in [-0.3, -0.25) is 0 Å². The predicted molar refractivity (Wildman–Crippen MR) is 58.1 cm³/mol. The van der Waals surface area contributed by atoms with Crippen molar-refractivity contribution in [2.45, 2.75) is 20.3 Å². The summed E-state index contributed by atoms with van der Waals surface area (Å²) in [6.07, 6.45) is 2.86. The molecular formula is C12H14N2. The van der Waals surface area contributed by atoms with Crippen LogP contribution < -0.4 is 0 Å². The van der Waals surface area contributed by atoms with E-state index in [9.17, 15) is 0 Å². The SMILES string of the molecule is CC(C)Cc1ccc2nnccc2c1. The molecule has 0 aliphatic heterocycles. The topological polar surface area (TPSA) is 25.8 Å². The van der Waals surface area contributed by atoms with E-state index >= 15 is 0 Å². The van der Waals surface area contributed by atoms with Gasteiger partial charge in [-0.15, -0.1) is 0 Å².